The van der Waals surface area contributed by atoms with Crippen LogP contribution in [0.15, 0.2) is 58.5 Å². The quantitative estimate of drug-likeness (QED) is 0.436. The van der Waals surface area contributed by atoms with Crippen molar-refractivity contribution in [3.05, 3.63) is 58.9 Å². The second-order valence-electron chi connectivity index (χ2n) is 6.61. The van der Waals surface area contributed by atoms with Gasteiger partial charge in [0.05, 0.1) is 29.0 Å². The third-order valence-electron chi connectivity index (χ3n) is 4.60. The summed E-state index contributed by atoms with van der Waals surface area (Å²) in [5.41, 5.74) is 1.20. The molecule has 0 aliphatic heterocycles. The smallest absolute Gasteiger partial charge is 0.262 e. The van der Waals surface area contributed by atoms with E-state index < -0.39 is 0 Å². The summed E-state index contributed by atoms with van der Waals surface area (Å²) in [4.78, 5) is 30.2. The van der Waals surface area contributed by atoms with Gasteiger partial charge in [0.1, 0.15) is 5.75 Å². The lowest BCUT2D eigenvalue weighted by Crippen LogP contribution is -2.26. The number of fused-ring (bicyclic) bond motifs is 1. The van der Waals surface area contributed by atoms with Gasteiger partial charge in [-0.2, -0.15) is 0 Å². The number of para-hydroxylation sites is 3. The molecule has 0 bridgehead atoms. The third-order valence-corrected chi connectivity index (χ3v) is 5.55. The van der Waals surface area contributed by atoms with Gasteiger partial charge in [-0.15, -0.1) is 0 Å². The first kappa shape index (κ1) is 20.9. The Hall–Kier alpha value is -2.80. The molecule has 0 spiro atoms. The minimum atomic E-state index is -0.180. The highest BCUT2D eigenvalue weighted by Gasteiger charge is 2.17. The first-order valence-electron chi connectivity index (χ1n) is 9.70. The first-order chi connectivity index (χ1) is 14.0. The van der Waals surface area contributed by atoms with Crippen LogP contribution in [0.5, 0.6) is 5.75 Å². The number of nitrogens with zero attached hydrogens (tertiary/aromatic N) is 2. The van der Waals surface area contributed by atoms with Crippen LogP contribution in [0.1, 0.15) is 33.2 Å². The number of anilines is 1. The number of thioether (sulfide) groups is 1. The van der Waals surface area contributed by atoms with Crippen LogP contribution in [0.2, 0.25) is 0 Å². The van der Waals surface area contributed by atoms with Crippen molar-refractivity contribution in [3.63, 3.8) is 0 Å². The summed E-state index contributed by atoms with van der Waals surface area (Å²) in [7, 11) is 0. The predicted octanol–water partition coefficient (Wildman–Crippen LogP) is 4.50. The molecular weight excluding hydrogens is 386 g/mol. The van der Waals surface area contributed by atoms with Gasteiger partial charge in [0, 0.05) is 6.04 Å². The summed E-state index contributed by atoms with van der Waals surface area (Å²) in [5, 5.41) is 4.02. The number of carbonyl (C=O) groups excluding carboxylic acids is 1. The van der Waals surface area contributed by atoms with Crippen LogP contribution in [-0.2, 0) is 4.79 Å². The molecule has 152 valence electrons. The second-order valence-corrected chi connectivity index (χ2v) is 7.55. The number of nitrogens with one attached hydrogen (secondary N) is 1. The number of hydrogen-bond acceptors (Lipinski definition) is 5. The van der Waals surface area contributed by atoms with E-state index in [0.717, 1.165) is 6.42 Å². The van der Waals surface area contributed by atoms with E-state index in [1.54, 1.807) is 16.7 Å². The molecule has 6 nitrogen and oxygen atoms in total. The van der Waals surface area contributed by atoms with Crippen LogP contribution < -0.4 is 15.6 Å². The van der Waals surface area contributed by atoms with Crippen molar-refractivity contribution >= 4 is 34.3 Å². The molecule has 0 saturated carbocycles. The fraction of sp³-hybridized carbons (Fsp3) is 0.318. The highest BCUT2D eigenvalue weighted by Crippen LogP contribution is 2.25. The highest BCUT2D eigenvalue weighted by atomic mass is 32.2. The van der Waals surface area contributed by atoms with Crippen molar-refractivity contribution in [3.8, 4) is 5.75 Å². The zero-order chi connectivity index (χ0) is 20.8. The lowest BCUT2D eigenvalue weighted by atomic mass is 10.2. The van der Waals surface area contributed by atoms with Gasteiger partial charge in [-0.05, 0) is 44.5 Å². The zero-order valence-corrected chi connectivity index (χ0v) is 17.7. The van der Waals surface area contributed by atoms with Crippen molar-refractivity contribution in [2.75, 3.05) is 17.7 Å². The summed E-state index contributed by atoms with van der Waals surface area (Å²) in [6, 6.07) is 14.6. The summed E-state index contributed by atoms with van der Waals surface area (Å²) < 4.78 is 7.24. The molecule has 1 heterocycles. The Kier molecular flexibility index (Phi) is 6.93. The van der Waals surface area contributed by atoms with Crippen molar-refractivity contribution in [2.45, 2.75) is 38.4 Å². The monoisotopic (exact) mass is 411 g/mol. The number of hydrogen-bond donors (Lipinski definition) is 1. The molecule has 3 rings (SSSR count). The number of ether oxygens (including phenoxy) is 1. The first-order valence-corrected chi connectivity index (χ1v) is 10.7. The molecule has 2 aromatic carbocycles. The molecule has 1 amide bonds. The molecule has 29 heavy (non-hydrogen) atoms. The fourth-order valence-corrected chi connectivity index (χ4v) is 3.86. The molecule has 1 aromatic heterocycles. The Morgan fingerprint density at radius 1 is 1.17 bits per heavy atom. The number of benzene rings is 2. The summed E-state index contributed by atoms with van der Waals surface area (Å²) in [6.45, 7) is 6.43. The van der Waals surface area contributed by atoms with Crippen LogP contribution in [-0.4, -0.2) is 27.8 Å². The van der Waals surface area contributed by atoms with Crippen molar-refractivity contribution in [1.29, 1.82) is 0 Å². The molecule has 7 heteroatoms. The SMILES string of the molecule is CCOc1ccccc1NC(=O)CSc1nc2ccccc2c(=O)n1[C@@H](C)CC. The van der Waals surface area contributed by atoms with E-state index in [0.29, 0.717) is 34.1 Å². The number of aromatic nitrogens is 2. The van der Waals surface area contributed by atoms with Crippen LogP contribution in [0, 0.1) is 0 Å². The number of amides is 1. The Morgan fingerprint density at radius 2 is 1.90 bits per heavy atom. The zero-order valence-electron chi connectivity index (χ0n) is 16.8. The van der Waals surface area contributed by atoms with Gasteiger partial charge < -0.3 is 10.1 Å². The topological polar surface area (TPSA) is 73.2 Å². The Morgan fingerprint density at radius 3 is 2.66 bits per heavy atom. The third kappa shape index (κ3) is 4.79. The van der Waals surface area contributed by atoms with E-state index in [1.165, 1.54) is 11.8 Å². The summed E-state index contributed by atoms with van der Waals surface area (Å²) in [5.74, 6) is 0.593. The van der Waals surface area contributed by atoms with E-state index in [1.807, 2.05) is 57.2 Å². The maximum absolute atomic E-state index is 13.0. The van der Waals surface area contributed by atoms with Gasteiger partial charge in [-0.3, -0.25) is 14.2 Å². The molecule has 0 saturated heterocycles. The molecular formula is C22H25N3O3S. The highest BCUT2D eigenvalue weighted by molar-refractivity contribution is 7.99. The molecule has 0 fully saturated rings. The summed E-state index contributed by atoms with van der Waals surface area (Å²) >= 11 is 1.27. The van der Waals surface area contributed by atoms with E-state index in [9.17, 15) is 9.59 Å². The van der Waals surface area contributed by atoms with Crippen LogP contribution in [0.3, 0.4) is 0 Å². The maximum atomic E-state index is 13.0. The minimum absolute atomic E-state index is 0.0103. The van der Waals surface area contributed by atoms with Gasteiger partial charge >= 0.3 is 0 Å². The molecule has 3 aromatic rings. The molecule has 0 aliphatic carbocycles. The fourth-order valence-electron chi connectivity index (χ4n) is 2.97. The van der Waals surface area contributed by atoms with E-state index in [-0.39, 0.29) is 23.3 Å². The lowest BCUT2D eigenvalue weighted by Gasteiger charge is -2.18. The van der Waals surface area contributed by atoms with Crippen LogP contribution in [0.4, 0.5) is 5.69 Å². The van der Waals surface area contributed by atoms with Crippen molar-refractivity contribution < 1.29 is 9.53 Å². The van der Waals surface area contributed by atoms with Crippen molar-refractivity contribution in [2.24, 2.45) is 0 Å². The number of rotatable bonds is 8. The molecule has 0 radical (unpaired) electrons. The average Bonchev–Trinajstić information content (AvgIpc) is 2.73. The second kappa shape index (κ2) is 9.60. The Labute approximate surface area is 174 Å². The molecule has 0 unspecified atom stereocenters. The lowest BCUT2D eigenvalue weighted by molar-refractivity contribution is -0.113. The average molecular weight is 412 g/mol. The van der Waals surface area contributed by atoms with Crippen LogP contribution >= 0.6 is 11.8 Å². The van der Waals surface area contributed by atoms with E-state index in [2.05, 4.69) is 10.3 Å². The van der Waals surface area contributed by atoms with Gasteiger partial charge in [0.25, 0.3) is 5.56 Å². The molecule has 0 aliphatic rings. The van der Waals surface area contributed by atoms with Crippen molar-refractivity contribution in [1.82, 2.24) is 9.55 Å². The molecule has 1 atom stereocenters. The van der Waals surface area contributed by atoms with Gasteiger partial charge in [0.15, 0.2) is 5.16 Å². The van der Waals surface area contributed by atoms with Gasteiger partial charge in [-0.25, -0.2) is 4.98 Å². The largest absolute Gasteiger partial charge is 0.492 e. The maximum Gasteiger partial charge on any atom is 0.262 e. The Balaban J connectivity index is 1.83. The van der Waals surface area contributed by atoms with Gasteiger partial charge in [0.2, 0.25) is 5.91 Å². The minimum Gasteiger partial charge on any atom is -0.492 e. The van der Waals surface area contributed by atoms with Crippen LogP contribution in [0.25, 0.3) is 10.9 Å². The van der Waals surface area contributed by atoms with Gasteiger partial charge in [-0.1, -0.05) is 43.0 Å². The number of carbonyl (C=O) groups is 1. The Bertz CT molecular complexity index is 1060. The van der Waals surface area contributed by atoms with E-state index in [4.69, 9.17) is 4.74 Å². The summed E-state index contributed by atoms with van der Waals surface area (Å²) in [6.07, 6.45) is 0.793. The standard InChI is InChI=1S/C22H25N3O3S/c1-4-15(3)25-21(27)16-10-6-7-11-17(16)24-22(25)29-14-20(26)23-18-12-8-9-13-19(18)28-5-2/h6-13,15H,4-5,14H2,1-3H3,(H,23,26)/t15-/m0/s1. The van der Waals surface area contributed by atoms with E-state index >= 15 is 0 Å². The molecule has 1 N–H and O–H groups in total. The normalized spacial score (nSPS) is 12.0. The predicted molar refractivity (Wildman–Crippen MR) is 118 cm³/mol.